The van der Waals surface area contributed by atoms with Crippen molar-refractivity contribution in [2.45, 2.75) is 32.9 Å². The predicted octanol–water partition coefficient (Wildman–Crippen LogP) is 2.54. The Morgan fingerprint density at radius 3 is 2.34 bits per heavy atom. The van der Waals surface area contributed by atoms with Gasteiger partial charge in [0, 0.05) is 10.9 Å². The number of nitrogens with zero attached hydrogens (tertiary/aromatic N) is 2. The summed E-state index contributed by atoms with van der Waals surface area (Å²) in [6.07, 6.45) is -1.06. The summed E-state index contributed by atoms with van der Waals surface area (Å²) >= 11 is 0. The van der Waals surface area contributed by atoms with E-state index in [0.717, 1.165) is 0 Å². The van der Waals surface area contributed by atoms with Gasteiger partial charge in [-0.1, -0.05) is 24.3 Å². The van der Waals surface area contributed by atoms with Gasteiger partial charge < -0.3 is 9.47 Å². The minimum Gasteiger partial charge on any atom is -0.497 e. The molecule has 1 amide bonds. The van der Waals surface area contributed by atoms with Gasteiger partial charge in [-0.25, -0.2) is 15.0 Å². The average Bonchev–Trinajstić information content (AvgIpc) is 2.70. The molecule has 3 aromatic rings. The molecular formula is C21H24N4O6S. The van der Waals surface area contributed by atoms with E-state index >= 15 is 0 Å². The number of carbonyl (C=O) groups is 1. The lowest BCUT2D eigenvalue weighted by Gasteiger charge is -2.25. The van der Waals surface area contributed by atoms with Crippen LogP contribution in [0.5, 0.6) is 5.75 Å². The van der Waals surface area contributed by atoms with Gasteiger partial charge in [-0.05, 0) is 44.5 Å². The molecule has 2 aromatic carbocycles. The smallest absolute Gasteiger partial charge is 0.425 e. The molecule has 10 nitrogen and oxygen atoms in total. The summed E-state index contributed by atoms with van der Waals surface area (Å²) in [5, 5.41) is 12.9. The van der Waals surface area contributed by atoms with Gasteiger partial charge in [0.25, 0.3) is 5.56 Å². The second kappa shape index (κ2) is 8.60. The Bertz CT molecular complexity index is 1310. The Morgan fingerprint density at radius 1 is 1.12 bits per heavy atom. The van der Waals surface area contributed by atoms with E-state index in [-0.39, 0.29) is 12.1 Å². The van der Waals surface area contributed by atoms with E-state index in [1.54, 1.807) is 63.2 Å². The van der Waals surface area contributed by atoms with Crippen LogP contribution in [-0.4, -0.2) is 41.7 Å². The van der Waals surface area contributed by atoms with Gasteiger partial charge in [0.1, 0.15) is 11.4 Å². The van der Waals surface area contributed by atoms with Crippen LogP contribution in [-0.2, 0) is 21.5 Å². The number of aromatic amines is 1. The van der Waals surface area contributed by atoms with Crippen LogP contribution in [0.1, 0.15) is 26.3 Å². The molecule has 0 aliphatic heterocycles. The number of nitrogens with two attached hydrogens (primary N) is 1. The van der Waals surface area contributed by atoms with E-state index in [0.29, 0.717) is 37.6 Å². The van der Waals surface area contributed by atoms with Gasteiger partial charge in [-0.3, -0.25) is 4.79 Å². The largest absolute Gasteiger partial charge is 0.497 e. The summed E-state index contributed by atoms with van der Waals surface area (Å²) in [4.78, 5) is 24.5. The average molecular weight is 461 g/mol. The molecular weight excluding hydrogens is 436 g/mol. The SMILES string of the molecule is COc1ccc2c(-c3ccc(CN(C(=O)OC(C)(C)C)S(N)(=O)=O)cc3)n[nH]c(=O)c2c1. The van der Waals surface area contributed by atoms with Gasteiger partial charge >= 0.3 is 16.3 Å². The highest BCUT2D eigenvalue weighted by atomic mass is 32.2. The molecule has 0 aliphatic carbocycles. The molecule has 170 valence electrons. The minimum atomic E-state index is -4.34. The summed E-state index contributed by atoms with van der Waals surface area (Å²) in [5.74, 6) is 0.542. The van der Waals surface area contributed by atoms with Crippen molar-refractivity contribution in [2.24, 2.45) is 5.14 Å². The normalized spacial score (nSPS) is 11.9. The first-order valence-corrected chi connectivity index (χ1v) is 11.1. The van der Waals surface area contributed by atoms with Crippen molar-refractivity contribution in [3.63, 3.8) is 0 Å². The number of hydrogen-bond donors (Lipinski definition) is 2. The third-order valence-corrected chi connectivity index (χ3v) is 5.35. The highest BCUT2D eigenvalue weighted by molar-refractivity contribution is 7.87. The van der Waals surface area contributed by atoms with E-state index < -0.39 is 21.9 Å². The second-order valence-corrected chi connectivity index (χ2v) is 9.51. The van der Waals surface area contributed by atoms with Gasteiger partial charge in [-0.15, -0.1) is 0 Å². The van der Waals surface area contributed by atoms with Gasteiger partial charge in [0.05, 0.1) is 24.7 Å². The zero-order valence-electron chi connectivity index (χ0n) is 18.1. The lowest BCUT2D eigenvalue weighted by atomic mass is 10.0. The molecule has 0 unspecified atom stereocenters. The van der Waals surface area contributed by atoms with Crippen molar-refractivity contribution in [1.29, 1.82) is 0 Å². The second-order valence-electron chi connectivity index (χ2n) is 8.04. The molecule has 0 spiro atoms. The lowest BCUT2D eigenvalue weighted by molar-refractivity contribution is 0.0381. The molecule has 0 bridgehead atoms. The topological polar surface area (TPSA) is 145 Å². The molecule has 1 aromatic heterocycles. The van der Waals surface area contributed by atoms with E-state index in [2.05, 4.69) is 10.2 Å². The first-order valence-electron chi connectivity index (χ1n) is 9.58. The first-order chi connectivity index (χ1) is 14.9. The maximum absolute atomic E-state index is 12.3. The number of H-pyrrole nitrogens is 1. The summed E-state index contributed by atoms with van der Waals surface area (Å²) in [7, 11) is -2.83. The Labute approximate surface area is 185 Å². The van der Waals surface area contributed by atoms with Crippen LogP contribution in [0.15, 0.2) is 47.3 Å². The number of methoxy groups -OCH3 is 1. The van der Waals surface area contributed by atoms with E-state index in [1.807, 2.05) is 0 Å². The van der Waals surface area contributed by atoms with Crippen LogP contribution in [0.4, 0.5) is 4.79 Å². The van der Waals surface area contributed by atoms with E-state index in [9.17, 15) is 18.0 Å². The Morgan fingerprint density at radius 2 is 1.78 bits per heavy atom. The van der Waals surface area contributed by atoms with Crippen molar-refractivity contribution in [3.8, 4) is 17.0 Å². The number of aromatic nitrogens is 2. The van der Waals surface area contributed by atoms with Crippen LogP contribution in [0.25, 0.3) is 22.0 Å². The van der Waals surface area contributed by atoms with Crippen molar-refractivity contribution in [1.82, 2.24) is 14.5 Å². The Kier molecular flexibility index (Phi) is 6.24. The number of benzene rings is 2. The number of carbonyl (C=O) groups excluding carboxylic acids is 1. The number of fused-ring (bicyclic) bond motifs is 1. The van der Waals surface area contributed by atoms with Crippen LogP contribution < -0.4 is 15.4 Å². The molecule has 1 heterocycles. The summed E-state index contributed by atoms with van der Waals surface area (Å²) in [6, 6.07) is 11.8. The van der Waals surface area contributed by atoms with Gasteiger partial charge in [0.15, 0.2) is 0 Å². The zero-order chi connectivity index (χ0) is 23.7. The number of amides is 1. The molecule has 3 N–H and O–H groups in total. The number of hydrogen-bond acceptors (Lipinski definition) is 7. The maximum Gasteiger partial charge on any atom is 0.425 e. The highest BCUT2D eigenvalue weighted by Gasteiger charge is 2.29. The molecule has 0 radical (unpaired) electrons. The standard InChI is InChI=1S/C21H24N4O6S/c1-21(2,3)31-20(27)25(32(22,28)29)12-13-5-7-14(8-6-13)18-16-10-9-15(30-4)11-17(16)19(26)24-23-18/h5-11H,12H2,1-4H3,(H,24,26)(H2,22,28,29). The molecule has 0 saturated heterocycles. The molecule has 0 atom stereocenters. The molecule has 0 fully saturated rings. The molecule has 32 heavy (non-hydrogen) atoms. The van der Waals surface area contributed by atoms with Crippen LogP contribution >= 0.6 is 0 Å². The minimum absolute atomic E-state index is 0.301. The van der Waals surface area contributed by atoms with Crippen LogP contribution in [0.3, 0.4) is 0 Å². The van der Waals surface area contributed by atoms with E-state index in [4.69, 9.17) is 14.6 Å². The van der Waals surface area contributed by atoms with Crippen molar-refractivity contribution >= 4 is 27.1 Å². The zero-order valence-corrected chi connectivity index (χ0v) is 18.9. The summed E-state index contributed by atoms with van der Waals surface area (Å²) in [6.45, 7) is 4.57. The third kappa shape index (κ3) is 5.24. The Hall–Kier alpha value is -3.44. The summed E-state index contributed by atoms with van der Waals surface area (Å²) < 4.78 is 34.6. The quantitative estimate of drug-likeness (QED) is 0.595. The lowest BCUT2D eigenvalue weighted by Crippen LogP contribution is -2.43. The maximum atomic E-state index is 12.3. The molecule has 0 aliphatic rings. The fourth-order valence-corrected chi connectivity index (χ4v) is 3.57. The third-order valence-electron chi connectivity index (χ3n) is 4.45. The van der Waals surface area contributed by atoms with Crippen molar-refractivity contribution < 1.29 is 22.7 Å². The fraction of sp³-hybridized carbons (Fsp3) is 0.286. The fourth-order valence-electron chi connectivity index (χ4n) is 3.00. The highest BCUT2D eigenvalue weighted by Crippen LogP contribution is 2.27. The number of rotatable bonds is 5. The molecule has 11 heteroatoms. The van der Waals surface area contributed by atoms with E-state index in [1.165, 1.54) is 7.11 Å². The molecule has 0 saturated carbocycles. The van der Waals surface area contributed by atoms with Crippen molar-refractivity contribution in [3.05, 3.63) is 58.4 Å². The van der Waals surface area contributed by atoms with Gasteiger partial charge in [-0.2, -0.15) is 17.8 Å². The van der Waals surface area contributed by atoms with Gasteiger partial charge in [0.2, 0.25) is 0 Å². The summed E-state index contributed by atoms with van der Waals surface area (Å²) in [5.41, 5.74) is 0.483. The number of nitrogens with one attached hydrogen (secondary N) is 1. The van der Waals surface area contributed by atoms with Crippen LogP contribution in [0, 0.1) is 0 Å². The first kappa shape index (κ1) is 23.2. The Balaban J connectivity index is 1.93. The van der Waals surface area contributed by atoms with Crippen LogP contribution in [0.2, 0.25) is 0 Å². The monoisotopic (exact) mass is 460 g/mol. The van der Waals surface area contributed by atoms with Crippen molar-refractivity contribution in [2.75, 3.05) is 7.11 Å². The number of ether oxygens (including phenoxy) is 2. The predicted molar refractivity (Wildman–Crippen MR) is 119 cm³/mol. The molecule has 3 rings (SSSR count).